The van der Waals surface area contributed by atoms with Gasteiger partial charge in [-0.25, -0.2) is 0 Å². The molecule has 1 aromatic rings. The molecular weight excluding hydrogens is 206 g/mol. The van der Waals surface area contributed by atoms with Crippen molar-refractivity contribution in [3.8, 4) is 0 Å². The second-order valence-electron chi connectivity index (χ2n) is 3.85. The normalized spacial score (nSPS) is 17.5. The zero-order valence-electron chi connectivity index (χ0n) is 8.87. The molecule has 0 saturated carbocycles. The van der Waals surface area contributed by atoms with Crippen LogP contribution in [0.5, 0.6) is 0 Å². The van der Waals surface area contributed by atoms with Crippen LogP contribution in [-0.4, -0.2) is 28.9 Å². The van der Waals surface area contributed by atoms with E-state index in [-0.39, 0.29) is 5.91 Å². The standard InChI is InChI=1S/C11H13N3O2/c15-11-4-2-6-14(11)8-10(13-16)9-3-1-5-12-7-9/h1,3,5,7,10H,2,4,6,8H2. The Morgan fingerprint density at radius 2 is 2.44 bits per heavy atom. The van der Waals surface area contributed by atoms with Gasteiger partial charge in [-0.05, 0) is 12.5 Å². The molecule has 5 nitrogen and oxygen atoms in total. The largest absolute Gasteiger partial charge is 0.340 e. The van der Waals surface area contributed by atoms with Crippen molar-refractivity contribution < 1.29 is 4.79 Å². The molecule has 1 aliphatic heterocycles. The molecular formula is C11H13N3O2. The maximum Gasteiger partial charge on any atom is 0.222 e. The van der Waals surface area contributed by atoms with E-state index in [1.807, 2.05) is 0 Å². The van der Waals surface area contributed by atoms with Crippen LogP contribution in [0.4, 0.5) is 0 Å². The number of nitrogens with zero attached hydrogens (tertiary/aromatic N) is 3. The van der Waals surface area contributed by atoms with E-state index in [9.17, 15) is 9.70 Å². The van der Waals surface area contributed by atoms with Crippen LogP contribution in [0.3, 0.4) is 0 Å². The Kier molecular flexibility index (Phi) is 3.24. The molecule has 1 atom stereocenters. The molecule has 0 aliphatic carbocycles. The van der Waals surface area contributed by atoms with Gasteiger partial charge in [0.15, 0.2) is 0 Å². The zero-order chi connectivity index (χ0) is 11.4. The molecule has 1 fully saturated rings. The van der Waals surface area contributed by atoms with Crippen molar-refractivity contribution in [2.75, 3.05) is 13.1 Å². The van der Waals surface area contributed by atoms with Crippen molar-refractivity contribution in [3.05, 3.63) is 35.0 Å². The van der Waals surface area contributed by atoms with E-state index in [4.69, 9.17) is 0 Å². The Morgan fingerprint density at radius 1 is 1.56 bits per heavy atom. The number of nitroso groups, excluding NO2 is 1. The number of likely N-dealkylation sites (tertiary alicyclic amines) is 1. The fourth-order valence-electron chi connectivity index (χ4n) is 1.88. The number of hydrogen-bond acceptors (Lipinski definition) is 4. The van der Waals surface area contributed by atoms with Crippen LogP contribution in [0.15, 0.2) is 29.7 Å². The third-order valence-corrected chi connectivity index (χ3v) is 2.76. The molecule has 2 heterocycles. The first-order valence-electron chi connectivity index (χ1n) is 5.31. The highest BCUT2D eigenvalue weighted by atomic mass is 16.3. The monoisotopic (exact) mass is 219 g/mol. The van der Waals surface area contributed by atoms with Crippen LogP contribution < -0.4 is 0 Å². The quantitative estimate of drug-likeness (QED) is 0.721. The van der Waals surface area contributed by atoms with Gasteiger partial charge in [-0.15, -0.1) is 0 Å². The zero-order valence-corrected chi connectivity index (χ0v) is 8.87. The highest BCUT2D eigenvalue weighted by molar-refractivity contribution is 5.78. The molecule has 0 radical (unpaired) electrons. The predicted octanol–water partition coefficient (Wildman–Crippen LogP) is 1.51. The van der Waals surface area contributed by atoms with Gasteiger partial charge in [0.05, 0.1) is 6.54 Å². The van der Waals surface area contributed by atoms with Crippen molar-refractivity contribution in [2.45, 2.75) is 18.9 Å². The number of aromatic nitrogens is 1. The topological polar surface area (TPSA) is 62.6 Å². The summed E-state index contributed by atoms with van der Waals surface area (Å²) in [7, 11) is 0. The van der Waals surface area contributed by atoms with Crippen molar-refractivity contribution in [1.29, 1.82) is 0 Å². The Morgan fingerprint density at radius 3 is 3.00 bits per heavy atom. The van der Waals surface area contributed by atoms with E-state index in [2.05, 4.69) is 10.2 Å². The Hall–Kier alpha value is -1.78. The molecule has 5 heteroatoms. The van der Waals surface area contributed by atoms with Crippen molar-refractivity contribution >= 4 is 5.91 Å². The van der Waals surface area contributed by atoms with Crippen LogP contribution in [0.2, 0.25) is 0 Å². The summed E-state index contributed by atoms with van der Waals surface area (Å²) >= 11 is 0. The van der Waals surface area contributed by atoms with Crippen LogP contribution in [0.25, 0.3) is 0 Å². The average Bonchev–Trinajstić information content (AvgIpc) is 2.73. The summed E-state index contributed by atoms with van der Waals surface area (Å²) in [6.45, 7) is 1.10. The SMILES string of the molecule is O=NC(CN1CCCC1=O)c1cccnc1. The number of amides is 1. The molecule has 2 rings (SSSR count). The molecule has 84 valence electrons. The van der Waals surface area contributed by atoms with Gasteiger partial charge in [0.1, 0.15) is 6.04 Å². The minimum absolute atomic E-state index is 0.109. The third kappa shape index (κ3) is 2.24. The summed E-state index contributed by atoms with van der Waals surface area (Å²) < 4.78 is 0. The summed E-state index contributed by atoms with van der Waals surface area (Å²) in [5.41, 5.74) is 0.761. The second-order valence-corrected chi connectivity index (χ2v) is 3.85. The first kappa shape index (κ1) is 10.7. The minimum atomic E-state index is -0.504. The summed E-state index contributed by atoms with van der Waals surface area (Å²) in [4.78, 5) is 27.8. The van der Waals surface area contributed by atoms with Crippen LogP contribution in [0, 0.1) is 4.91 Å². The lowest BCUT2D eigenvalue weighted by Crippen LogP contribution is -2.29. The second kappa shape index (κ2) is 4.83. The highest BCUT2D eigenvalue weighted by Crippen LogP contribution is 2.20. The summed E-state index contributed by atoms with van der Waals surface area (Å²) in [6.07, 6.45) is 4.72. The maximum atomic E-state index is 11.4. The molecule has 1 aromatic heterocycles. The summed E-state index contributed by atoms with van der Waals surface area (Å²) in [5, 5.41) is 3.07. The van der Waals surface area contributed by atoms with Gasteiger partial charge < -0.3 is 4.90 Å². The molecule has 0 aromatic carbocycles. The number of pyridine rings is 1. The number of hydrogen-bond donors (Lipinski definition) is 0. The molecule has 16 heavy (non-hydrogen) atoms. The Balaban J connectivity index is 2.06. The molecule has 0 spiro atoms. The third-order valence-electron chi connectivity index (χ3n) is 2.76. The molecule has 1 unspecified atom stereocenters. The first-order chi connectivity index (χ1) is 7.81. The van der Waals surface area contributed by atoms with Gasteiger partial charge >= 0.3 is 0 Å². The van der Waals surface area contributed by atoms with Gasteiger partial charge in [-0.2, -0.15) is 4.91 Å². The van der Waals surface area contributed by atoms with Crippen LogP contribution in [-0.2, 0) is 4.79 Å². The molecule has 0 bridgehead atoms. The van der Waals surface area contributed by atoms with E-state index < -0.39 is 6.04 Å². The van der Waals surface area contributed by atoms with Crippen molar-refractivity contribution in [3.63, 3.8) is 0 Å². The fourth-order valence-corrected chi connectivity index (χ4v) is 1.88. The number of carbonyl (C=O) groups is 1. The van der Waals surface area contributed by atoms with Gasteiger partial charge in [0.25, 0.3) is 0 Å². The maximum absolute atomic E-state index is 11.4. The van der Waals surface area contributed by atoms with E-state index in [0.29, 0.717) is 13.0 Å². The van der Waals surface area contributed by atoms with Gasteiger partial charge in [0.2, 0.25) is 5.91 Å². The van der Waals surface area contributed by atoms with E-state index in [1.54, 1.807) is 29.4 Å². The van der Waals surface area contributed by atoms with E-state index >= 15 is 0 Å². The number of carbonyl (C=O) groups excluding carboxylic acids is 1. The predicted molar refractivity (Wildman–Crippen MR) is 58.6 cm³/mol. The molecule has 0 N–H and O–H groups in total. The lowest BCUT2D eigenvalue weighted by molar-refractivity contribution is -0.127. The van der Waals surface area contributed by atoms with E-state index in [0.717, 1.165) is 18.5 Å². The Bertz CT molecular complexity index is 380. The van der Waals surface area contributed by atoms with Crippen LogP contribution in [0.1, 0.15) is 24.4 Å². The summed E-state index contributed by atoms with van der Waals surface area (Å²) in [5.74, 6) is 0.109. The molecule has 1 saturated heterocycles. The average molecular weight is 219 g/mol. The van der Waals surface area contributed by atoms with E-state index in [1.165, 1.54) is 0 Å². The lowest BCUT2D eigenvalue weighted by atomic mass is 10.1. The minimum Gasteiger partial charge on any atom is -0.340 e. The molecule has 1 aliphatic rings. The van der Waals surface area contributed by atoms with Gasteiger partial charge in [0, 0.05) is 30.9 Å². The highest BCUT2D eigenvalue weighted by Gasteiger charge is 2.24. The smallest absolute Gasteiger partial charge is 0.222 e. The summed E-state index contributed by atoms with van der Waals surface area (Å²) in [6, 6.07) is 3.06. The van der Waals surface area contributed by atoms with Crippen molar-refractivity contribution in [1.82, 2.24) is 9.88 Å². The molecule has 1 amide bonds. The first-order valence-corrected chi connectivity index (χ1v) is 5.31. The van der Waals surface area contributed by atoms with Gasteiger partial charge in [-0.1, -0.05) is 11.2 Å². The van der Waals surface area contributed by atoms with Gasteiger partial charge in [-0.3, -0.25) is 9.78 Å². The van der Waals surface area contributed by atoms with Crippen molar-refractivity contribution in [2.24, 2.45) is 5.18 Å². The lowest BCUT2D eigenvalue weighted by Gasteiger charge is -2.18. The van der Waals surface area contributed by atoms with Crippen LogP contribution >= 0.6 is 0 Å². The fraction of sp³-hybridized carbons (Fsp3) is 0.455. The Labute approximate surface area is 93.5 Å². The number of rotatable bonds is 4.